The van der Waals surface area contributed by atoms with Gasteiger partial charge in [-0.1, -0.05) is 42.7 Å². The Morgan fingerprint density at radius 2 is 2.00 bits per heavy atom. The number of fused-ring (bicyclic) bond motifs is 1. The molecule has 1 unspecified atom stereocenters. The van der Waals surface area contributed by atoms with Crippen molar-refractivity contribution in [1.82, 2.24) is 9.88 Å². The Hall–Kier alpha value is -1.95. The fourth-order valence-electron chi connectivity index (χ4n) is 3.79. The Morgan fingerprint density at radius 1 is 1.21 bits per heavy atom. The number of thiazole rings is 1. The lowest BCUT2D eigenvalue weighted by Gasteiger charge is -2.31. The van der Waals surface area contributed by atoms with E-state index in [9.17, 15) is 9.59 Å². The number of hydrogen-bond acceptors (Lipinski definition) is 4. The average molecular weight is 343 g/mol. The van der Waals surface area contributed by atoms with Crippen molar-refractivity contribution in [3.05, 3.63) is 24.3 Å². The second-order valence-corrected chi connectivity index (χ2v) is 7.75. The van der Waals surface area contributed by atoms with Crippen LogP contribution < -0.4 is 5.32 Å². The highest BCUT2D eigenvalue weighted by molar-refractivity contribution is 7.22. The van der Waals surface area contributed by atoms with E-state index in [4.69, 9.17) is 0 Å². The quantitative estimate of drug-likeness (QED) is 0.929. The normalized spacial score (nSPS) is 22.2. The Labute approximate surface area is 145 Å². The minimum absolute atomic E-state index is 0.0827. The highest BCUT2D eigenvalue weighted by atomic mass is 32.1. The molecule has 24 heavy (non-hydrogen) atoms. The molecule has 1 N–H and O–H groups in total. The van der Waals surface area contributed by atoms with E-state index in [0.717, 1.165) is 23.1 Å². The minimum Gasteiger partial charge on any atom is -0.339 e. The van der Waals surface area contributed by atoms with E-state index in [0.29, 0.717) is 24.1 Å². The van der Waals surface area contributed by atoms with Crippen molar-refractivity contribution in [2.75, 3.05) is 11.9 Å². The first-order chi connectivity index (χ1) is 11.7. The fourth-order valence-corrected chi connectivity index (χ4v) is 4.65. The molecular formula is C18H21N3O2S. The number of benzene rings is 1. The van der Waals surface area contributed by atoms with Crippen molar-refractivity contribution in [1.29, 1.82) is 0 Å². The van der Waals surface area contributed by atoms with Crippen LogP contribution in [0.3, 0.4) is 0 Å². The molecule has 2 amide bonds. The SMILES string of the molecule is O=C(Nc1nc2ccccc2s1)C1CC(=O)N(C2CCCCC2)C1. The number of carbonyl (C=O) groups excluding carboxylic acids is 2. The summed E-state index contributed by atoms with van der Waals surface area (Å²) in [6.45, 7) is 0.556. The van der Waals surface area contributed by atoms with Gasteiger partial charge in [-0.25, -0.2) is 4.98 Å². The molecule has 2 fully saturated rings. The van der Waals surface area contributed by atoms with Gasteiger partial charge in [-0.05, 0) is 25.0 Å². The molecule has 1 aromatic carbocycles. The predicted octanol–water partition coefficient (Wildman–Crippen LogP) is 3.42. The Bertz CT molecular complexity index is 733. The molecule has 2 aromatic rings. The molecule has 6 heteroatoms. The van der Waals surface area contributed by atoms with Crippen LogP contribution in [0.1, 0.15) is 38.5 Å². The zero-order chi connectivity index (χ0) is 16.5. The predicted molar refractivity (Wildman–Crippen MR) is 94.9 cm³/mol. The molecule has 1 saturated carbocycles. The number of aromatic nitrogens is 1. The van der Waals surface area contributed by atoms with E-state index < -0.39 is 0 Å². The summed E-state index contributed by atoms with van der Waals surface area (Å²) in [7, 11) is 0. The van der Waals surface area contributed by atoms with Gasteiger partial charge in [0.05, 0.1) is 16.1 Å². The number of likely N-dealkylation sites (tertiary alicyclic amines) is 1. The van der Waals surface area contributed by atoms with Crippen LogP contribution in [0, 0.1) is 5.92 Å². The monoisotopic (exact) mass is 343 g/mol. The van der Waals surface area contributed by atoms with E-state index in [1.807, 2.05) is 29.2 Å². The van der Waals surface area contributed by atoms with E-state index in [1.54, 1.807) is 0 Å². The summed E-state index contributed by atoms with van der Waals surface area (Å²) in [5.41, 5.74) is 0.893. The van der Waals surface area contributed by atoms with Gasteiger partial charge < -0.3 is 10.2 Å². The van der Waals surface area contributed by atoms with E-state index in [-0.39, 0.29) is 17.7 Å². The maximum absolute atomic E-state index is 12.5. The zero-order valence-electron chi connectivity index (χ0n) is 13.5. The number of nitrogens with one attached hydrogen (secondary N) is 1. The largest absolute Gasteiger partial charge is 0.339 e. The van der Waals surface area contributed by atoms with Crippen LogP contribution in [-0.4, -0.2) is 34.3 Å². The summed E-state index contributed by atoms with van der Waals surface area (Å²) in [6, 6.07) is 8.17. The topological polar surface area (TPSA) is 62.3 Å². The smallest absolute Gasteiger partial charge is 0.231 e. The third kappa shape index (κ3) is 3.02. The highest BCUT2D eigenvalue weighted by Crippen LogP contribution is 2.30. The molecule has 1 atom stereocenters. The number of amides is 2. The number of rotatable bonds is 3. The Kier molecular flexibility index (Phi) is 4.22. The van der Waals surface area contributed by atoms with Crippen molar-refractivity contribution in [2.24, 2.45) is 5.92 Å². The molecule has 5 nitrogen and oxygen atoms in total. The lowest BCUT2D eigenvalue weighted by atomic mass is 9.94. The molecule has 1 aromatic heterocycles. The zero-order valence-corrected chi connectivity index (χ0v) is 14.3. The van der Waals surface area contributed by atoms with Gasteiger partial charge in [-0.2, -0.15) is 0 Å². The molecule has 1 saturated heterocycles. The lowest BCUT2D eigenvalue weighted by molar-refractivity contribution is -0.130. The molecule has 1 aliphatic carbocycles. The molecule has 0 spiro atoms. The molecular weight excluding hydrogens is 322 g/mol. The summed E-state index contributed by atoms with van der Waals surface area (Å²) in [5, 5.41) is 3.52. The van der Waals surface area contributed by atoms with Gasteiger partial charge >= 0.3 is 0 Å². The van der Waals surface area contributed by atoms with Crippen LogP contribution in [-0.2, 0) is 9.59 Å². The second kappa shape index (κ2) is 6.51. The summed E-state index contributed by atoms with van der Waals surface area (Å²) in [5.74, 6) is -0.210. The summed E-state index contributed by atoms with van der Waals surface area (Å²) < 4.78 is 1.05. The number of para-hydroxylation sites is 1. The van der Waals surface area contributed by atoms with Gasteiger partial charge in [-0.15, -0.1) is 0 Å². The van der Waals surface area contributed by atoms with Crippen molar-refractivity contribution in [3.8, 4) is 0 Å². The van der Waals surface area contributed by atoms with E-state index in [1.165, 1.54) is 30.6 Å². The minimum atomic E-state index is -0.258. The van der Waals surface area contributed by atoms with Crippen LogP contribution >= 0.6 is 11.3 Å². The van der Waals surface area contributed by atoms with Crippen molar-refractivity contribution < 1.29 is 9.59 Å². The first-order valence-corrected chi connectivity index (χ1v) is 9.48. The van der Waals surface area contributed by atoms with Gasteiger partial charge in [0.25, 0.3) is 0 Å². The molecule has 126 valence electrons. The molecule has 0 radical (unpaired) electrons. The number of hydrogen-bond donors (Lipinski definition) is 1. The highest BCUT2D eigenvalue weighted by Gasteiger charge is 2.38. The van der Waals surface area contributed by atoms with Crippen LogP contribution in [0.5, 0.6) is 0 Å². The Balaban J connectivity index is 1.42. The van der Waals surface area contributed by atoms with Gasteiger partial charge in [0.1, 0.15) is 0 Å². The summed E-state index contributed by atoms with van der Waals surface area (Å²) >= 11 is 1.47. The molecule has 1 aliphatic heterocycles. The van der Waals surface area contributed by atoms with Crippen molar-refractivity contribution in [3.63, 3.8) is 0 Å². The van der Waals surface area contributed by atoms with Crippen LogP contribution in [0.25, 0.3) is 10.2 Å². The van der Waals surface area contributed by atoms with Crippen molar-refractivity contribution >= 4 is 38.5 Å². The Morgan fingerprint density at radius 3 is 2.79 bits per heavy atom. The molecule has 4 rings (SSSR count). The van der Waals surface area contributed by atoms with Crippen LogP contribution in [0.15, 0.2) is 24.3 Å². The van der Waals surface area contributed by atoms with Gasteiger partial charge in [-0.3, -0.25) is 9.59 Å². The third-order valence-corrected chi connectivity index (χ3v) is 6.02. The van der Waals surface area contributed by atoms with Gasteiger partial charge in [0.15, 0.2) is 5.13 Å². The van der Waals surface area contributed by atoms with Crippen LogP contribution in [0.2, 0.25) is 0 Å². The number of anilines is 1. The first-order valence-electron chi connectivity index (χ1n) is 8.66. The van der Waals surface area contributed by atoms with E-state index >= 15 is 0 Å². The molecule has 2 heterocycles. The third-order valence-electron chi connectivity index (χ3n) is 5.07. The summed E-state index contributed by atoms with van der Waals surface area (Å²) in [6.07, 6.45) is 6.14. The average Bonchev–Trinajstić information content (AvgIpc) is 3.18. The standard InChI is InChI=1S/C18H21N3O2S/c22-16-10-12(11-21(16)13-6-2-1-3-7-13)17(23)20-18-19-14-8-4-5-9-15(14)24-18/h4-5,8-9,12-13H,1-3,6-7,10-11H2,(H,19,20,23). The first kappa shape index (κ1) is 15.6. The molecule has 0 bridgehead atoms. The number of carbonyl (C=O) groups is 2. The maximum Gasteiger partial charge on any atom is 0.231 e. The van der Waals surface area contributed by atoms with Crippen LogP contribution in [0.4, 0.5) is 5.13 Å². The maximum atomic E-state index is 12.5. The number of nitrogens with zero attached hydrogens (tertiary/aromatic N) is 2. The summed E-state index contributed by atoms with van der Waals surface area (Å²) in [4.78, 5) is 31.2. The molecule has 2 aliphatic rings. The van der Waals surface area contributed by atoms with Gasteiger partial charge in [0, 0.05) is 19.0 Å². The second-order valence-electron chi connectivity index (χ2n) is 6.71. The van der Waals surface area contributed by atoms with Gasteiger partial charge in [0.2, 0.25) is 11.8 Å². The van der Waals surface area contributed by atoms with E-state index in [2.05, 4.69) is 10.3 Å². The fraction of sp³-hybridized carbons (Fsp3) is 0.500. The lowest BCUT2D eigenvalue weighted by Crippen LogP contribution is -2.38. The van der Waals surface area contributed by atoms with Crippen molar-refractivity contribution in [2.45, 2.75) is 44.6 Å².